The molecule has 2 nitrogen and oxygen atoms in total. The average molecular weight is 230 g/mol. The van der Waals surface area contributed by atoms with Gasteiger partial charge in [0.1, 0.15) is 11.1 Å². The van der Waals surface area contributed by atoms with Crippen LogP contribution in [0.1, 0.15) is 0 Å². The fourth-order valence-electron chi connectivity index (χ4n) is 1.50. The minimum atomic E-state index is -1.31. The first-order chi connectivity index (χ1) is 6.52. The minimum absolute atomic E-state index is 0.292. The largest absolute Gasteiger partial charge is 0.384 e. The average Bonchev–Trinajstić information content (AvgIpc) is 2.14. The Morgan fingerprint density at radius 3 is 2.71 bits per heavy atom. The van der Waals surface area contributed by atoms with Crippen molar-refractivity contribution in [2.24, 2.45) is 5.73 Å². The smallest absolute Gasteiger partial charge is 0.142 e. The normalized spacial score (nSPS) is 30.9. The molecule has 0 heterocycles. The van der Waals surface area contributed by atoms with Gasteiger partial charge in [-0.3, -0.25) is 0 Å². The van der Waals surface area contributed by atoms with Crippen LogP contribution in [0.25, 0.3) is 11.1 Å². The Hall–Kier alpha value is -0.540. The first kappa shape index (κ1) is 9.99. The van der Waals surface area contributed by atoms with Crippen molar-refractivity contribution >= 4 is 34.3 Å². The fourth-order valence-corrected chi connectivity index (χ4v) is 2.13. The molecule has 14 heavy (non-hydrogen) atoms. The predicted molar refractivity (Wildman–Crippen MR) is 58.2 cm³/mol. The SMILES string of the molecule is NC1(Cl)C=c2ccccc2=C(Cl)C1O. The van der Waals surface area contributed by atoms with Gasteiger partial charge in [0.2, 0.25) is 0 Å². The van der Waals surface area contributed by atoms with Crippen LogP contribution in [0.4, 0.5) is 0 Å². The molecule has 3 N–H and O–H groups in total. The van der Waals surface area contributed by atoms with Crippen LogP contribution in [0.15, 0.2) is 24.3 Å². The van der Waals surface area contributed by atoms with Crippen LogP contribution < -0.4 is 16.2 Å². The van der Waals surface area contributed by atoms with Gasteiger partial charge in [-0.05, 0) is 16.5 Å². The third kappa shape index (κ3) is 1.44. The van der Waals surface area contributed by atoms with E-state index in [9.17, 15) is 5.11 Å². The molecule has 4 heteroatoms. The summed E-state index contributed by atoms with van der Waals surface area (Å²) in [5, 5.41) is 11.6. The summed E-state index contributed by atoms with van der Waals surface area (Å²) in [6.07, 6.45) is 0.557. The van der Waals surface area contributed by atoms with Crippen molar-refractivity contribution in [2.45, 2.75) is 11.1 Å². The van der Waals surface area contributed by atoms with Gasteiger partial charge < -0.3 is 10.8 Å². The lowest BCUT2D eigenvalue weighted by Gasteiger charge is -2.27. The molecule has 0 aromatic heterocycles. The van der Waals surface area contributed by atoms with Gasteiger partial charge in [0.25, 0.3) is 0 Å². The van der Waals surface area contributed by atoms with Crippen molar-refractivity contribution in [3.63, 3.8) is 0 Å². The third-order valence-corrected chi connectivity index (χ3v) is 2.98. The van der Waals surface area contributed by atoms with Gasteiger partial charge in [-0.25, -0.2) is 0 Å². The Bertz CT molecular complexity index is 481. The molecule has 0 amide bonds. The van der Waals surface area contributed by atoms with Gasteiger partial charge >= 0.3 is 0 Å². The number of aliphatic hydroxyl groups excluding tert-OH is 1. The number of hydrogen-bond acceptors (Lipinski definition) is 2. The standard InChI is InChI=1S/C10H9Cl2NO/c11-8-7-4-2-1-3-6(7)5-10(12,13)9(8)14/h1-5,9,14H,13H2. The zero-order valence-electron chi connectivity index (χ0n) is 7.24. The number of hydrogen-bond donors (Lipinski definition) is 2. The molecule has 1 aromatic carbocycles. The first-order valence-electron chi connectivity index (χ1n) is 4.16. The van der Waals surface area contributed by atoms with Crippen molar-refractivity contribution < 1.29 is 5.11 Å². The lowest BCUT2D eigenvalue weighted by molar-refractivity contribution is 0.209. The molecule has 1 aliphatic rings. The van der Waals surface area contributed by atoms with Crippen LogP contribution in [0.5, 0.6) is 0 Å². The molecule has 1 aromatic rings. The predicted octanol–water partition coefficient (Wildman–Crippen LogP) is 0.0824. The molecular weight excluding hydrogens is 221 g/mol. The van der Waals surface area contributed by atoms with Gasteiger partial charge in [0.05, 0.1) is 5.03 Å². The molecule has 2 atom stereocenters. The maximum atomic E-state index is 9.70. The number of nitrogens with two attached hydrogens (primary N) is 1. The number of rotatable bonds is 0. The maximum absolute atomic E-state index is 9.70. The summed E-state index contributed by atoms with van der Waals surface area (Å²) >= 11 is 11.9. The molecule has 2 rings (SSSR count). The van der Waals surface area contributed by atoms with E-state index in [1.165, 1.54) is 0 Å². The van der Waals surface area contributed by atoms with E-state index in [2.05, 4.69) is 0 Å². The Labute approximate surface area is 91.2 Å². The van der Waals surface area contributed by atoms with Crippen LogP contribution in [-0.4, -0.2) is 16.2 Å². The molecule has 0 fully saturated rings. The van der Waals surface area contributed by atoms with E-state index in [1.807, 2.05) is 24.3 Å². The Kier molecular flexibility index (Phi) is 2.32. The molecule has 74 valence electrons. The molecular formula is C10H9Cl2NO. The van der Waals surface area contributed by atoms with Gasteiger partial charge in [-0.15, -0.1) is 0 Å². The molecule has 0 spiro atoms. The Balaban J connectivity index is 2.84. The van der Waals surface area contributed by atoms with Crippen LogP contribution >= 0.6 is 23.2 Å². The van der Waals surface area contributed by atoms with E-state index in [0.29, 0.717) is 5.03 Å². The van der Waals surface area contributed by atoms with Gasteiger partial charge in [0, 0.05) is 0 Å². The number of benzene rings is 1. The number of halogens is 2. The summed E-state index contributed by atoms with van der Waals surface area (Å²) in [5.74, 6) is 0. The van der Waals surface area contributed by atoms with E-state index < -0.39 is 11.1 Å². The molecule has 0 saturated heterocycles. The van der Waals surface area contributed by atoms with Crippen LogP contribution in [0, 0.1) is 0 Å². The topological polar surface area (TPSA) is 46.2 Å². The van der Waals surface area contributed by atoms with E-state index in [4.69, 9.17) is 28.9 Å². The molecule has 1 aliphatic carbocycles. The molecule has 2 unspecified atom stereocenters. The highest BCUT2D eigenvalue weighted by Gasteiger charge is 2.33. The van der Waals surface area contributed by atoms with Gasteiger partial charge in [-0.2, -0.15) is 0 Å². The zero-order chi connectivity index (χ0) is 10.3. The summed E-state index contributed by atoms with van der Waals surface area (Å²) in [4.78, 5) is -1.31. The summed E-state index contributed by atoms with van der Waals surface area (Å²) in [6, 6.07) is 7.39. The quantitative estimate of drug-likeness (QED) is 0.490. The van der Waals surface area contributed by atoms with Crippen LogP contribution in [0.2, 0.25) is 0 Å². The van der Waals surface area contributed by atoms with Crippen molar-refractivity contribution in [2.75, 3.05) is 0 Å². The van der Waals surface area contributed by atoms with Crippen molar-refractivity contribution in [3.05, 3.63) is 34.7 Å². The number of aliphatic hydroxyl groups is 1. The van der Waals surface area contributed by atoms with Gasteiger partial charge in [0.15, 0.2) is 0 Å². The molecule has 0 aliphatic heterocycles. The van der Waals surface area contributed by atoms with Crippen molar-refractivity contribution in [1.29, 1.82) is 0 Å². The van der Waals surface area contributed by atoms with E-state index in [-0.39, 0.29) is 0 Å². The van der Waals surface area contributed by atoms with Crippen LogP contribution in [0.3, 0.4) is 0 Å². The second-order valence-electron chi connectivity index (χ2n) is 3.31. The summed E-state index contributed by atoms with van der Waals surface area (Å²) in [7, 11) is 0. The number of alkyl halides is 1. The fraction of sp³-hybridized carbons (Fsp3) is 0.200. The highest BCUT2D eigenvalue weighted by Crippen LogP contribution is 2.25. The summed E-state index contributed by atoms with van der Waals surface area (Å²) in [5.41, 5.74) is 5.68. The van der Waals surface area contributed by atoms with Crippen molar-refractivity contribution in [1.82, 2.24) is 0 Å². The summed E-state index contributed by atoms with van der Waals surface area (Å²) in [6.45, 7) is 0. The third-order valence-electron chi connectivity index (χ3n) is 2.25. The Morgan fingerprint density at radius 1 is 1.36 bits per heavy atom. The number of fused-ring (bicyclic) bond motifs is 1. The summed E-state index contributed by atoms with van der Waals surface area (Å²) < 4.78 is 0. The lowest BCUT2D eigenvalue weighted by atomic mass is 10.0. The highest BCUT2D eigenvalue weighted by molar-refractivity contribution is 6.47. The second kappa shape index (κ2) is 3.24. The lowest BCUT2D eigenvalue weighted by Crippen LogP contribution is -2.51. The molecule has 0 radical (unpaired) electrons. The first-order valence-corrected chi connectivity index (χ1v) is 4.91. The highest BCUT2D eigenvalue weighted by atomic mass is 35.5. The van der Waals surface area contributed by atoms with Gasteiger partial charge in [-0.1, -0.05) is 47.5 Å². The monoisotopic (exact) mass is 229 g/mol. The molecule has 0 bridgehead atoms. The molecule has 0 saturated carbocycles. The van der Waals surface area contributed by atoms with E-state index >= 15 is 0 Å². The van der Waals surface area contributed by atoms with E-state index in [1.54, 1.807) is 6.08 Å². The second-order valence-corrected chi connectivity index (χ2v) is 4.37. The van der Waals surface area contributed by atoms with Crippen molar-refractivity contribution in [3.8, 4) is 0 Å². The van der Waals surface area contributed by atoms with Crippen LogP contribution in [-0.2, 0) is 0 Å². The Morgan fingerprint density at radius 2 is 2.00 bits per heavy atom. The minimum Gasteiger partial charge on any atom is -0.384 e. The maximum Gasteiger partial charge on any atom is 0.142 e. The zero-order valence-corrected chi connectivity index (χ0v) is 8.76. The van der Waals surface area contributed by atoms with E-state index in [0.717, 1.165) is 10.4 Å².